The highest BCUT2D eigenvalue weighted by atomic mass is 32.2. The van der Waals surface area contributed by atoms with E-state index < -0.39 is 14.9 Å². The number of nitrogens with zero attached hydrogens (tertiary/aromatic N) is 1. The molecule has 0 fully saturated rings. The van der Waals surface area contributed by atoms with Gasteiger partial charge in [0.15, 0.2) is 0 Å². The third kappa shape index (κ3) is 6.07. The van der Waals surface area contributed by atoms with Crippen LogP contribution in [-0.4, -0.2) is 25.5 Å². The molecule has 0 heterocycles. The van der Waals surface area contributed by atoms with E-state index in [1.165, 1.54) is 48.6 Å². The smallest absolute Gasteiger partial charge is 0.269 e. The van der Waals surface area contributed by atoms with Crippen molar-refractivity contribution in [3.8, 4) is 0 Å². The van der Waals surface area contributed by atoms with Gasteiger partial charge in [0.1, 0.15) is 0 Å². The van der Waals surface area contributed by atoms with E-state index in [9.17, 15) is 23.3 Å². The van der Waals surface area contributed by atoms with E-state index in [4.69, 9.17) is 0 Å². The Labute approximate surface area is 144 Å². The highest BCUT2D eigenvalue weighted by Crippen LogP contribution is 2.15. The molecule has 0 unspecified atom stereocenters. The van der Waals surface area contributed by atoms with Crippen LogP contribution >= 0.6 is 0 Å². The van der Waals surface area contributed by atoms with Gasteiger partial charge in [0.2, 0.25) is 15.9 Å². The summed E-state index contributed by atoms with van der Waals surface area (Å²) < 4.78 is 24.5. The summed E-state index contributed by atoms with van der Waals surface area (Å²) in [6, 6.07) is 11.9. The van der Waals surface area contributed by atoms with E-state index >= 15 is 0 Å². The third-order valence-electron chi connectivity index (χ3n) is 2.99. The molecule has 2 aromatic carbocycles. The summed E-state index contributed by atoms with van der Waals surface area (Å²) in [6.07, 6.45) is 3.87. The van der Waals surface area contributed by atoms with Crippen LogP contribution < -0.4 is 10.0 Å². The van der Waals surface area contributed by atoms with Gasteiger partial charge in [0.25, 0.3) is 5.69 Å². The second kappa shape index (κ2) is 7.58. The number of hydrogen-bond acceptors (Lipinski definition) is 5. The molecule has 2 rings (SSSR count). The number of sulfonamides is 1. The molecule has 8 nitrogen and oxygen atoms in total. The van der Waals surface area contributed by atoms with Crippen LogP contribution in [0.2, 0.25) is 0 Å². The minimum absolute atomic E-state index is 0.0237. The normalized spacial score (nSPS) is 11.2. The first kappa shape index (κ1) is 18.1. The molecule has 0 aliphatic heterocycles. The van der Waals surface area contributed by atoms with Crippen LogP contribution in [0.4, 0.5) is 17.1 Å². The van der Waals surface area contributed by atoms with Gasteiger partial charge in [-0.3, -0.25) is 19.6 Å². The topological polar surface area (TPSA) is 118 Å². The van der Waals surface area contributed by atoms with Crippen molar-refractivity contribution in [3.63, 3.8) is 0 Å². The SMILES string of the molecule is CS(=O)(=O)Nc1ccc(NC(=O)/C=C/c2ccc([N+](=O)[O-])cc2)cc1. The molecule has 25 heavy (non-hydrogen) atoms. The average molecular weight is 361 g/mol. The van der Waals surface area contributed by atoms with Crippen LogP contribution in [0, 0.1) is 10.1 Å². The largest absolute Gasteiger partial charge is 0.323 e. The van der Waals surface area contributed by atoms with Crippen molar-refractivity contribution in [2.45, 2.75) is 0 Å². The number of hydrogen-bond donors (Lipinski definition) is 2. The lowest BCUT2D eigenvalue weighted by Crippen LogP contribution is -2.10. The van der Waals surface area contributed by atoms with Crippen LogP contribution in [0.1, 0.15) is 5.56 Å². The van der Waals surface area contributed by atoms with Gasteiger partial charge >= 0.3 is 0 Å². The van der Waals surface area contributed by atoms with E-state index in [2.05, 4.69) is 10.0 Å². The van der Waals surface area contributed by atoms with Crippen LogP contribution in [0.5, 0.6) is 0 Å². The van der Waals surface area contributed by atoms with Crippen molar-refractivity contribution in [2.24, 2.45) is 0 Å². The fourth-order valence-corrected chi connectivity index (χ4v) is 2.46. The van der Waals surface area contributed by atoms with Crippen molar-refractivity contribution in [3.05, 3.63) is 70.3 Å². The zero-order chi connectivity index (χ0) is 18.4. The molecule has 0 bridgehead atoms. The monoisotopic (exact) mass is 361 g/mol. The molecular weight excluding hydrogens is 346 g/mol. The first-order valence-electron chi connectivity index (χ1n) is 7.04. The molecule has 0 spiro atoms. The molecule has 0 aliphatic rings. The fraction of sp³-hybridized carbons (Fsp3) is 0.0625. The molecule has 1 amide bonds. The van der Waals surface area contributed by atoms with E-state index in [-0.39, 0.29) is 11.6 Å². The van der Waals surface area contributed by atoms with Crippen molar-refractivity contribution in [2.75, 3.05) is 16.3 Å². The molecule has 0 radical (unpaired) electrons. The molecule has 2 N–H and O–H groups in total. The molecule has 0 aliphatic carbocycles. The number of carbonyl (C=O) groups excluding carboxylic acids is 1. The fourth-order valence-electron chi connectivity index (χ4n) is 1.90. The first-order valence-corrected chi connectivity index (χ1v) is 8.93. The minimum Gasteiger partial charge on any atom is -0.323 e. The van der Waals surface area contributed by atoms with Gasteiger partial charge in [-0.1, -0.05) is 0 Å². The minimum atomic E-state index is -3.35. The van der Waals surface area contributed by atoms with Crippen LogP contribution in [0.3, 0.4) is 0 Å². The van der Waals surface area contributed by atoms with E-state index in [1.54, 1.807) is 12.1 Å². The summed E-state index contributed by atoms with van der Waals surface area (Å²) in [5, 5.41) is 13.2. The molecule has 130 valence electrons. The summed E-state index contributed by atoms with van der Waals surface area (Å²) in [7, 11) is -3.35. The Morgan fingerprint density at radius 1 is 1.04 bits per heavy atom. The number of anilines is 2. The van der Waals surface area contributed by atoms with Crippen molar-refractivity contribution >= 4 is 39.1 Å². The Kier molecular flexibility index (Phi) is 5.50. The number of rotatable bonds is 6. The standard InChI is InChI=1S/C16H15N3O5S/c1-25(23,24)18-14-7-5-13(6-8-14)17-16(20)11-4-12-2-9-15(10-3-12)19(21)22/h2-11,18H,1H3,(H,17,20)/b11-4+. The number of benzene rings is 2. The summed E-state index contributed by atoms with van der Waals surface area (Å²) in [4.78, 5) is 21.9. The van der Waals surface area contributed by atoms with Gasteiger partial charge in [-0.2, -0.15) is 0 Å². The third-order valence-corrected chi connectivity index (χ3v) is 3.59. The lowest BCUT2D eigenvalue weighted by Gasteiger charge is -2.06. The molecule has 9 heteroatoms. The van der Waals surface area contributed by atoms with Crippen LogP contribution in [-0.2, 0) is 14.8 Å². The van der Waals surface area contributed by atoms with E-state index in [0.717, 1.165) is 6.26 Å². The number of carbonyl (C=O) groups is 1. The number of nitro groups is 1. The average Bonchev–Trinajstić information content (AvgIpc) is 2.54. The maximum Gasteiger partial charge on any atom is 0.269 e. The molecule has 2 aromatic rings. The maximum absolute atomic E-state index is 11.9. The molecule has 0 saturated carbocycles. The molecular formula is C16H15N3O5S. The summed E-state index contributed by atoms with van der Waals surface area (Å²) in [5.74, 6) is -0.387. The van der Waals surface area contributed by atoms with E-state index in [0.29, 0.717) is 16.9 Å². The summed E-state index contributed by atoms with van der Waals surface area (Å²) in [5.41, 5.74) is 1.51. The summed E-state index contributed by atoms with van der Waals surface area (Å²) >= 11 is 0. The highest BCUT2D eigenvalue weighted by Gasteiger charge is 2.04. The van der Waals surface area contributed by atoms with Crippen molar-refractivity contribution in [1.29, 1.82) is 0 Å². The zero-order valence-corrected chi connectivity index (χ0v) is 14.0. The number of nitro benzene ring substituents is 1. The zero-order valence-electron chi connectivity index (χ0n) is 13.2. The summed E-state index contributed by atoms with van der Waals surface area (Å²) in [6.45, 7) is 0. The Balaban J connectivity index is 1.96. The van der Waals surface area contributed by atoms with Crippen LogP contribution in [0.15, 0.2) is 54.6 Å². The second-order valence-electron chi connectivity index (χ2n) is 5.12. The Hall–Kier alpha value is -3.20. The molecule has 0 saturated heterocycles. The van der Waals surface area contributed by atoms with Gasteiger partial charge in [-0.05, 0) is 48.0 Å². The lowest BCUT2D eigenvalue weighted by atomic mass is 10.2. The Bertz CT molecular complexity index is 904. The predicted molar refractivity (Wildman–Crippen MR) is 95.7 cm³/mol. The quantitative estimate of drug-likeness (QED) is 0.466. The first-order chi connectivity index (χ1) is 11.7. The van der Waals surface area contributed by atoms with E-state index in [1.807, 2.05) is 0 Å². The van der Waals surface area contributed by atoms with Crippen molar-refractivity contribution in [1.82, 2.24) is 0 Å². The number of nitrogens with one attached hydrogen (secondary N) is 2. The Morgan fingerprint density at radius 3 is 2.12 bits per heavy atom. The number of non-ortho nitro benzene ring substituents is 1. The van der Waals surface area contributed by atoms with Gasteiger partial charge < -0.3 is 5.32 Å². The lowest BCUT2D eigenvalue weighted by molar-refractivity contribution is -0.384. The van der Waals surface area contributed by atoms with Gasteiger partial charge in [-0.15, -0.1) is 0 Å². The second-order valence-corrected chi connectivity index (χ2v) is 6.87. The maximum atomic E-state index is 11.9. The van der Waals surface area contributed by atoms with Crippen molar-refractivity contribution < 1.29 is 18.1 Å². The highest BCUT2D eigenvalue weighted by molar-refractivity contribution is 7.92. The molecule has 0 aromatic heterocycles. The van der Waals surface area contributed by atoms with Gasteiger partial charge in [0.05, 0.1) is 11.2 Å². The van der Waals surface area contributed by atoms with Crippen LogP contribution in [0.25, 0.3) is 6.08 Å². The van der Waals surface area contributed by atoms with Gasteiger partial charge in [-0.25, -0.2) is 8.42 Å². The predicted octanol–water partition coefficient (Wildman–Crippen LogP) is 2.62. The Morgan fingerprint density at radius 2 is 1.60 bits per heavy atom. The van der Waals surface area contributed by atoms with Gasteiger partial charge in [0, 0.05) is 29.6 Å². The number of amides is 1. The molecule has 0 atom stereocenters.